The number of hydrogen-bond acceptors (Lipinski definition) is 8. The molecule has 3 atom stereocenters. The number of carbonyl (C=O) groups is 1. The van der Waals surface area contributed by atoms with Crippen LogP contribution in [0.1, 0.15) is 51.0 Å². The van der Waals surface area contributed by atoms with Crippen molar-refractivity contribution in [3.63, 3.8) is 0 Å². The number of nitro groups is 1. The third-order valence-corrected chi connectivity index (χ3v) is 6.68. The first-order chi connectivity index (χ1) is 15.5. The summed E-state index contributed by atoms with van der Waals surface area (Å²) in [5.74, 6) is 0.486. The molecular formula is C23H30N2O7. The average Bonchev–Trinajstić information content (AvgIpc) is 2.80. The molecule has 4 rings (SSSR count). The molecule has 2 fully saturated rings. The molecule has 3 aliphatic rings. The number of nitrogens with zero attached hydrogens (tertiary/aromatic N) is 2. The van der Waals surface area contributed by atoms with Gasteiger partial charge < -0.3 is 18.9 Å². The maximum absolute atomic E-state index is 12.3. The van der Waals surface area contributed by atoms with Crippen LogP contribution in [0.15, 0.2) is 35.8 Å². The Labute approximate surface area is 187 Å². The SMILES string of the molecule is CCOC(=O)OC1=C(C)OC2(N3CCOCC3)CCCCC2C1c1cccc([N+](=O)[O-])c1. The van der Waals surface area contributed by atoms with Gasteiger partial charge in [-0.3, -0.25) is 15.0 Å². The summed E-state index contributed by atoms with van der Waals surface area (Å²) in [5, 5.41) is 11.5. The van der Waals surface area contributed by atoms with Crippen LogP contribution in [0.3, 0.4) is 0 Å². The molecule has 0 amide bonds. The van der Waals surface area contributed by atoms with Crippen LogP contribution < -0.4 is 0 Å². The van der Waals surface area contributed by atoms with E-state index in [1.807, 2.05) is 6.07 Å². The van der Waals surface area contributed by atoms with E-state index < -0.39 is 16.8 Å². The van der Waals surface area contributed by atoms with E-state index in [-0.39, 0.29) is 24.1 Å². The van der Waals surface area contributed by atoms with Crippen LogP contribution in [0.2, 0.25) is 0 Å². The highest BCUT2D eigenvalue weighted by Gasteiger charge is 2.56. The molecule has 0 spiro atoms. The number of morpholine rings is 1. The first-order valence-corrected chi connectivity index (χ1v) is 11.3. The summed E-state index contributed by atoms with van der Waals surface area (Å²) in [4.78, 5) is 25.7. The van der Waals surface area contributed by atoms with Crippen LogP contribution in [0.5, 0.6) is 0 Å². The standard InChI is InChI=1S/C23H30N2O7/c1-3-30-22(26)31-21-16(2)32-23(24-11-13-29-14-12-24)10-5-4-9-19(23)20(21)17-7-6-8-18(15-17)25(27)28/h6-8,15,19-20H,3-5,9-14H2,1-2H3. The van der Waals surface area contributed by atoms with Gasteiger partial charge >= 0.3 is 6.16 Å². The van der Waals surface area contributed by atoms with E-state index in [1.54, 1.807) is 26.0 Å². The zero-order valence-corrected chi connectivity index (χ0v) is 18.6. The van der Waals surface area contributed by atoms with Gasteiger partial charge in [0.05, 0.1) is 30.7 Å². The molecule has 1 aliphatic carbocycles. The Morgan fingerprint density at radius 1 is 1.31 bits per heavy atom. The number of nitro benzene ring substituents is 1. The van der Waals surface area contributed by atoms with Crippen molar-refractivity contribution in [3.8, 4) is 0 Å². The predicted molar refractivity (Wildman–Crippen MR) is 115 cm³/mol. The minimum atomic E-state index is -0.796. The molecule has 3 unspecified atom stereocenters. The molecule has 9 nitrogen and oxygen atoms in total. The fourth-order valence-electron chi connectivity index (χ4n) is 5.41. The Hall–Kier alpha value is -2.65. The summed E-state index contributed by atoms with van der Waals surface area (Å²) in [7, 11) is 0. The molecule has 32 heavy (non-hydrogen) atoms. The smallest absolute Gasteiger partial charge is 0.473 e. The predicted octanol–water partition coefficient (Wildman–Crippen LogP) is 4.33. The first-order valence-electron chi connectivity index (χ1n) is 11.3. The van der Waals surface area contributed by atoms with Gasteiger partial charge in [0.25, 0.3) is 5.69 Å². The quantitative estimate of drug-likeness (QED) is 0.374. The molecule has 0 N–H and O–H groups in total. The van der Waals surface area contributed by atoms with Crippen molar-refractivity contribution in [2.24, 2.45) is 5.92 Å². The minimum absolute atomic E-state index is 0.00918. The molecule has 2 heterocycles. The van der Waals surface area contributed by atoms with Crippen LogP contribution in [0, 0.1) is 16.0 Å². The van der Waals surface area contributed by atoms with E-state index in [2.05, 4.69) is 4.90 Å². The first kappa shape index (κ1) is 22.5. The summed E-state index contributed by atoms with van der Waals surface area (Å²) in [6.07, 6.45) is 2.94. The van der Waals surface area contributed by atoms with Gasteiger partial charge in [-0.1, -0.05) is 18.6 Å². The van der Waals surface area contributed by atoms with E-state index in [9.17, 15) is 14.9 Å². The van der Waals surface area contributed by atoms with E-state index in [4.69, 9.17) is 18.9 Å². The number of ether oxygens (including phenoxy) is 4. The monoisotopic (exact) mass is 446 g/mol. The molecule has 0 aromatic heterocycles. The molecule has 0 bridgehead atoms. The van der Waals surface area contributed by atoms with Crippen LogP contribution in [0.25, 0.3) is 0 Å². The molecule has 0 radical (unpaired) electrons. The van der Waals surface area contributed by atoms with E-state index in [1.165, 1.54) is 6.07 Å². The van der Waals surface area contributed by atoms with Gasteiger partial charge in [-0.2, -0.15) is 0 Å². The number of allylic oxidation sites excluding steroid dienone is 2. The maximum atomic E-state index is 12.3. The summed E-state index contributed by atoms with van der Waals surface area (Å²) < 4.78 is 22.9. The number of hydrogen-bond donors (Lipinski definition) is 0. The summed E-state index contributed by atoms with van der Waals surface area (Å²) in [6.45, 7) is 6.46. The van der Waals surface area contributed by atoms with Crippen molar-refractivity contribution in [1.82, 2.24) is 4.90 Å². The van der Waals surface area contributed by atoms with Gasteiger partial charge in [0.1, 0.15) is 5.76 Å². The molecule has 1 aromatic rings. The number of fused-ring (bicyclic) bond motifs is 1. The summed E-state index contributed by atoms with van der Waals surface area (Å²) in [6, 6.07) is 6.60. The van der Waals surface area contributed by atoms with Crippen molar-refractivity contribution in [2.45, 2.75) is 51.2 Å². The second-order valence-corrected chi connectivity index (χ2v) is 8.43. The highest BCUT2D eigenvalue weighted by molar-refractivity contribution is 5.62. The Bertz CT molecular complexity index is 896. The minimum Gasteiger partial charge on any atom is -0.473 e. The van der Waals surface area contributed by atoms with Crippen molar-refractivity contribution in [3.05, 3.63) is 51.5 Å². The summed E-state index contributed by atoms with van der Waals surface area (Å²) in [5.41, 5.74) is 0.184. The lowest BCUT2D eigenvalue weighted by Gasteiger charge is -2.56. The molecule has 174 valence electrons. The zero-order valence-electron chi connectivity index (χ0n) is 18.6. The molecular weight excluding hydrogens is 416 g/mol. The van der Waals surface area contributed by atoms with Crippen molar-refractivity contribution in [2.75, 3.05) is 32.9 Å². The summed E-state index contributed by atoms with van der Waals surface area (Å²) >= 11 is 0. The van der Waals surface area contributed by atoms with Gasteiger partial charge in [0, 0.05) is 37.6 Å². The number of rotatable bonds is 5. The normalized spacial score (nSPS) is 28.4. The van der Waals surface area contributed by atoms with Crippen LogP contribution in [0.4, 0.5) is 10.5 Å². The van der Waals surface area contributed by atoms with Gasteiger partial charge in [-0.25, -0.2) is 4.79 Å². The molecule has 2 aliphatic heterocycles. The van der Waals surface area contributed by atoms with E-state index >= 15 is 0 Å². The second-order valence-electron chi connectivity index (χ2n) is 8.43. The van der Waals surface area contributed by atoms with Crippen LogP contribution in [-0.4, -0.2) is 54.6 Å². The molecule has 1 saturated carbocycles. The largest absolute Gasteiger partial charge is 0.513 e. The van der Waals surface area contributed by atoms with Crippen molar-refractivity contribution < 1.29 is 28.7 Å². The topological polar surface area (TPSA) is 100 Å². The molecule has 9 heteroatoms. The van der Waals surface area contributed by atoms with Crippen molar-refractivity contribution in [1.29, 1.82) is 0 Å². The highest BCUT2D eigenvalue weighted by Crippen LogP contribution is 2.54. The van der Waals surface area contributed by atoms with Gasteiger partial charge in [0.2, 0.25) is 0 Å². The van der Waals surface area contributed by atoms with E-state index in [0.717, 1.165) is 44.3 Å². The van der Waals surface area contributed by atoms with Crippen LogP contribution in [-0.2, 0) is 18.9 Å². The van der Waals surface area contributed by atoms with Gasteiger partial charge in [-0.05, 0) is 32.3 Å². The number of benzene rings is 1. The lowest BCUT2D eigenvalue weighted by Crippen LogP contribution is -2.63. The lowest BCUT2D eigenvalue weighted by atomic mass is 9.68. The lowest BCUT2D eigenvalue weighted by molar-refractivity contribution is -0.385. The third kappa shape index (κ3) is 4.19. The fraction of sp³-hybridized carbons (Fsp3) is 0.609. The van der Waals surface area contributed by atoms with E-state index in [0.29, 0.717) is 24.7 Å². The van der Waals surface area contributed by atoms with Gasteiger partial charge in [-0.15, -0.1) is 0 Å². The van der Waals surface area contributed by atoms with Crippen molar-refractivity contribution >= 4 is 11.8 Å². The molecule has 1 saturated heterocycles. The second kappa shape index (κ2) is 9.46. The average molecular weight is 447 g/mol. The maximum Gasteiger partial charge on any atom is 0.513 e. The highest BCUT2D eigenvalue weighted by atomic mass is 16.7. The van der Waals surface area contributed by atoms with Crippen LogP contribution >= 0.6 is 0 Å². The Morgan fingerprint density at radius 2 is 2.09 bits per heavy atom. The Balaban J connectivity index is 1.82. The zero-order chi connectivity index (χ0) is 22.7. The Kier molecular flexibility index (Phi) is 6.66. The van der Waals surface area contributed by atoms with Gasteiger partial charge in [0.15, 0.2) is 11.5 Å². The molecule has 1 aromatic carbocycles. The Morgan fingerprint density at radius 3 is 2.81 bits per heavy atom. The third-order valence-electron chi connectivity index (χ3n) is 6.68. The number of carbonyl (C=O) groups excluding carboxylic acids is 1. The number of non-ortho nitro benzene ring substituents is 1. The fourth-order valence-corrected chi connectivity index (χ4v) is 5.41.